The fourth-order valence-electron chi connectivity index (χ4n) is 2.40. The first-order valence-corrected chi connectivity index (χ1v) is 8.95. The third kappa shape index (κ3) is 3.55. The second-order valence-electron chi connectivity index (χ2n) is 4.81. The highest BCUT2D eigenvalue weighted by atomic mass is 32.2. The number of sulfonamides is 1. The van der Waals surface area contributed by atoms with Gasteiger partial charge in [-0.15, -0.1) is 0 Å². The van der Waals surface area contributed by atoms with Crippen LogP contribution in [0, 0.1) is 0 Å². The van der Waals surface area contributed by atoms with Crippen LogP contribution < -0.4 is 16.2 Å². The van der Waals surface area contributed by atoms with Gasteiger partial charge in [-0.05, 0) is 43.7 Å². The molecule has 1 aromatic rings. The summed E-state index contributed by atoms with van der Waals surface area (Å²) < 4.78 is 23.2. The molecular weight excluding hydrogens is 282 g/mol. The Bertz CT molecular complexity index is 560. The van der Waals surface area contributed by atoms with Gasteiger partial charge in [0, 0.05) is 17.0 Å². The Labute approximate surface area is 118 Å². The maximum atomic E-state index is 11.6. The molecule has 1 aliphatic rings. The van der Waals surface area contributed by atoms with Crippen molar-refractivity contribution in [2.45, 2.75) is 35.4 Å². The predicted octanol–water partition coefficient (Wildman–Crippen LogP) is 1.61. The molecule has 0 amide bonds. The van der Waals surface area contributed by atoms with Gasteiger partial charge in [0.05, 0.1) is 5.69 Å². The van der Waals surface area contributed by atoms with Gasteiger partial charge >= 0.3 is 0 Å². The summed E-state index contributed by atoms with van der Waals surface area (Å²) in [6.07, 6.45) is 5.33. The molecule has 0 saturated heterocycles. The first kappa shape index (κ1) is 14.5. The van der Waals surface area contributed by atoms with Gasteiger partial charge in [0.15, 0.2) is 0 Å². The molecule has 106 valence electrons. The monoisotopic (exact) mass is 301 g/mol. The summed E-state index contributed by atoms with van der Waals surface area (Å²) in [5.74, 6) is 0. The molecule has 0 radical (unpaired) electrons. The van der Waals surface area contributed by atoms with Crippen molar-refractivity contribution in [3.05, 3.63) is 18.2 Å². The average molecular weight is 301 g/mol. The molecule has 0 bridgehead atoms. The van der Waals surface area contributed by atoms with Crippen molar-refractivity contribution in [1.82, 2.24) is 0 Å². The van der Waals surface area contributed by atoms with Gasteiger partial charge in [0.2, 0.25) is 10.0 Å². The number of thioether (sulfide) groups is 1. The van der Waals surface area contributed by atoms with Gasteiger partial charge in [-0.1, -0.05) is 0 Å². The largest absolute Gasteiger partial charge is 0.399 e. The lowest BCUT2D eigenvalue weighted by Crippen LogP contribution is -2.20. The van der Waals surface area contributed by atoms with E-state index in [1.54, 1.807) is 12.1 Å². The zero-order chi connectivity index (χ0) is 14.0. The molecule has 2 rings (SSSR count). The lowest BCUT2D eigenvalue weighted by molar-refractivity contribution is 0.598. The molecular formula is C12H19N3O2S2. The molecule has 0 heterocycles. The zero-order valence-electron chi connectivity index (χ0n) is 10.8. The topological polar surface area (TPSA) is 98.2 Å². The summed E-state index contributed by atoms with van der Waals surface area (Å²) in [5.41, 5.74) is 6.56. The van der Waals surface area contributed by atoms with Gasteiger partial charge < -0.3 is 11.1 Å². The molecule has 0 aliphatic heterocycles. The van der Waals surface area contributed by atoms with Crippen LogP contribution in [0.25, 0.3) is 0 Å². The van der Waals surface area contributed by atoms with Gasteiger partial charge in [-0.25, -0.2) is 13.6 Å². The van der Waals surface area contributed by atoms with Crippen LogP contribution in [0.2, 0.25) is 0 Å². The lowest BCUT2D eigenvalue weighted by atomic mass is 10.2. The van der Waals surface area contributed by atoms with Crippen LogP contribution in [0.15, 0.2) is 23.1 Å². The number of anilines is 2. The maximum absolute atomic E-state index is 11.6. The number of hydrogen-bond acceptors (Lipinski definition) is 5. The highest BCUT2D eigenvalue weighted by Gasteiger charge is 2.25. The third-order valence-electron chi connectivity index (χ3n) is 3.39. The molecule has 2 unspecified atom stereocenters. The van der Waals surface area contributed by atoms with E-state index in [4.69, 9.17) is 10.9 Å². The number of primary sulfonamides is 1. The van der Waals surface area contributed by atoms with E-state index < -0.39 is 10.0 Å². The summed E-state index contributed by atoms with van der Waals surface area (Å²) in [6, 6.07) is 5.06. The second-order valence-corrected chi connectivity index (χ2v) is 7.48. The first-order valence-electron chi connectivity index (χ1n) is 6.12. The minimum absolute atomic E-state index is 0.0695. The van der Waals surface area contributed by atoms with Crippen LogP contribution >= 0.6 is 11.8 Å². The van der Waals surface area contributed by atoms with Crippen molar-refractivity contribution in [1.29, 1.82) is 0 Å². The Morgan fingerprint density at radius 3 is 2.68 bits per heavy atom. The molecule has 1 fully saturated rings. The number of nitrogens with one attached hydrogen (secondary N) is 1. The number of hydrogen-bond donors (Lipinski definition) is 3. The Morgan fingerprint density at radius 2 is 2.11 bits per heavy atom. The van der Waals surface area contributed by atoms with Crippen LogP contribution in [0.4, 0.5) is 11.4 Å². The first-order chi connectivity index (χ1) is 8.90. The van der Waals surface area contributed by atoms with Gasteiger partial charge in [-0.3, -0.25) is 0 Å². The number of nitrogens with two attached hydrogens (primary N) is 2. The summed E-state index contributed by atoms with van der Waals surface area (Å²) in [4.78, 5) is 0.0695. The fraction of sp³-hybridized carbons (Fsp3) is 0.500. The standard InChI is InChI=1S/C12H19N3O2S2/c1-18-10-4-3-9(7-10)15-11-5-2-8(13)6-12(11)19(14,16)17/h2,5-6,9-10,15H,3-4,7,13H2,1H3,(H2,14,16,17). The van der Waals surface area contributed by atoms with Crippen molar-refractivity contribution < 1.29 is 8.42 Å². The Balaban J connectivity index is 2.21. The quantitative estimate of drug-likeness (QED) is 0.734. The summed E-state index contributed by atoms with van der Waals surface area (Å²) in [6.45, 7) is 0. The molecule has 2 atom stereocenters. The molecule has 19 heavy (non-hydrogen) atoms. The van der Waals surface area contributed by atoms with E-state index in [9.17, 15) is 8.42 Å². The van der Waals surface area contributed by atoms with E-state index in [1.807, 2.05) is 11.8 Å². The van der Waals surface area contributed by atoms with Gasteiger partial charge in [0.25, 0.3) is 0 Å². The highest BCUT2D eigenvalue weighted by molar-refractivity contribution is 7.99. The summed E-state index contributed by atoms with van der Waals surface area (Å²) in [5, 5.41) is 9.15. The average Bonchev–Trinajstić information content (AvgIpc) is 2.78. The normalized spacial score (nSPS) is 23.5. The molecule has 1 aromatic carbocycles. The smallest absolute Gasteiger partial charge is 0.240 e. The van der Waals surface area contributed by atoms with Crippen molar-refractivity contribution in [2.24, 2.45) is 5.14 Å². The van der Waals surface area contributed by atoms with E-state index in [1.165, 1.54) is 6.07 Å². The molecule has 1 aliphatic carbocycles. The van der Waals surface area contributed by atoms with Crippen molar-refractivity contribution in [2.75, 3.05) is 17.3 Å². The van der Waals surface area contributed by atoms with Crippen molar-refractivity contribution in [3.8, 4) is 0 Å². The zero-order valence-corrected chi connectivity index (χ0v) is 12.4. The van der Waals surface area contributed by atoms with Crippen LogP contribution in [-0.2, 0) is 10.0 Å². The van der Waals surface area contributed by atoms with Crippen molar-refractivity contribution >= 4 is 33.2 Å². The molecule has 0 spiro atoms. The number of rotatable bonds is 4. The minimum Gasteiger partial charge on any atom is -0.399 e. The van der Waals surface area contributed by atoms with Gasteiger partial charge in [0.1, 0.15) is 4.90 Å². The predicted molar refractivity (Wildman–Crippen MR) is 80.8 cm³/mol. The molecule has 7 heteroatoms. The Hall–Kier alpha value is -0.920. The van der Waals surface area contributed by atoms with Crippen LogP contribution in [0.3, 0.4) is 0 Å². The summed E-state index contributed by atoms with van der Waals surface area (Å²) in [7, 11) is -3.76. The van der Waals surface area contributed by atoms with E-state index in [0.29, 0.717) is 22.7 Å². The van der Waals surface area contributed by atoms with E-state index in [0.717, 1.165) is 19.3 Å². The maximum Gasteiger partial charge on any atom is 0.240 e. The van der Waals surface area contributed by atoms with Crippen molar-refractivity contribution in [3.63, 3.8) is 0 Å². The second kappa shape index (κ2) is 5.60. The molecule has 0 aromatic heterocycles. The van der Waals surface area contributed by atoms with E-state index in [-0.39, 0.29) is 4.90 Å². The Kier molecular flexibility index (Phi) is 4.27. The molecule has 5 nitrogen and oxygen atoms in total. The van der Waals surface area contributed by atoms with Crippen LogP contribution in [0.1, 0.15) is 19.3 Å². The molecule has 1 saturated carbocycles. The minimum atomic E-state index is -3.76. The van der Waals surface area contributed by atoms with E-state index in [2.05, 4.69) is 11.6 Å². The van der Waals surface area contributed by atoms with Gasteiger partial charge in [-0.2, -0.15) is 11.8 Å². The number of benzene rings is 1. The van der Waals surface area contributed by atoms with Crippen LogP contribution in [0.5, 0.6) is 0 Å². The molecule has 5 N–H and O–H groups in total. The Morgan fingerprint density at radius 1 is 1.37 bits per heavy atom. The number of nitrogen functional groups attached to an aromatic ring is 1. The summed E-state index contributed by atoms with van der Waals surface area (Å²) >= 11 is 1.86. The fourth-order valence-corrected chi connectivity index (χ4v) is 3.93. The van der Waals surface area contributed by atoms with E-state index >= 15 is 0 Å². The SMILES string of the molecule is CSC1CCC(Nc2ccc(N)cc2S(N)(=O)=O)C1. The highest BCUT2D eigenvalue weighted by Crippen LogP contribution is 2.32. The lowest BCUT2D eigenvalue weighted by Gasteiger charge is -2.17. The third-order valence-corrected chi connectivity index (χ3v) is 5.44. The van der Waals surface area contributed by atoms with Crippen LogP contribution in [-0.4, -0.2) is 26.0 Å².